The number of nitrogens with two attached hydrogens (primary N) is 2. The molecule has 1 aliphatic heterocycles. The molecule has 3 atom stereocenters. The van der Waals surface area contributed by atoms with E-state index in [1.54, 1.807) is 0 Å². The molecule has 4 N–H and O–H groups in total. The van der Waals surface area contributed by atoms with Crippen molar-refractivity contribution < 1.29 is 23.7 Å². The van der Waals surface area contributed by atoms with Crippen LogP contribution in [0.1, 0.15) is 23.7 Å². The minimum absolute atomic E-state index is 0.158. The van der Waals surface area contributed by atoms with Crippen LogP contribution in [0.3, 0.4) is 0 Å². The van der Waals surface area contributed by atoms with Gasteiger partial charge in [0, 0.05) is 18.6 Å². The van der Waals surface area contributed by atoms with Crippen LogP contribution in [0.5, 0.6) is 11.5 Å². The monoisotopic (exact) mass is 310 g/mol. The van der Waals surface area contributed by atoms with Crippen LogP contribution in [-0.4, -0.2) is 45.0 Å². The van der Waals surface area contributed by atoms with Crippen molar-refractivity contribution in [2.75, 3.05) is 26.6 Å². The molecule has 1 aliphatic rings. The smallest absolute Gasteiger partial charge is 0.340 e. The van der Waals surface area contributed by atoms with Crippen molar-refractivity contribution in [2.24, 2.45) is 5.73 Å². The molecule has 3 unspecified atom stereocenters. The quantitative estimate of drug-likeness (QED) is 0.630. The molecule has 0 saturated carbocycles. The third-order valence-electron chi connectivity index (χ3n) is 3.79. The molecule has 22 heavy (non-hydrogen) atoms. The summed E-state index contributed by atoms with van der Waals surface area (Å²) in [4.78, 5) is 12.4. The summed E-state index contributed by atoms with van der Waals surface area (Å²) >= 11 is 0. The molecule has 0 aliphatic carbocycles. The second-order valence-electron chi connectivity index (χ2n) is 5.18. The maximum absolute atomic E-state index is 12.4. The van der Waals surface area contributed by atoms with Crippen molar-refractivity contribution in [1.82, 2.24) is 0 Å². The molecule has 1 saturated heterocycles. The van der Waals surface area contributed by atoms with Crippen LogP contribution in [0.25, 0.3) is 0 Å². The average Bonchev–Trinajstić information content (AvgIpc) is 2.51. The highest BCUT2D eigenvalue weighted by atomic mass is 16.6. The summed E-state index contributed by atoms with van der Waals surface area (Å²) in [5.74, 6) is 0.328. The Hall–Kier alpha value is -1.99. The first kappa shape index (κ1) is 16.4. The Labute approximate surface area is 129 Å². The molecule has 0 spiro atoms. The van der Waals surface area contributed by atoms with Crippen molar-refractivity contribution >= 4 is 11.7 Å². The van der Waals surface area contributed by atoms with E-state index in [2.05, 4.69) is 0 Å². The Balaban J connectivity index is 2.19. The van der Waals surface area contributed by atoms with Crippen LogP contribution < -0.4 is 20.9 Å². The molecule has 1 heterocycles. The number of benzene rings is 1. The van der Waals surface area contributed by atoms with Crippen LogP contribution in [0, 0.1) is 0 Å². The number of carbonyl (C=O) groups excluding carboxylic acids is 1. The summed E-state index contributed by atoms with van der Waals surface area (Å²) in [6.07, 6.45) is 0.00260. The number of hydrogen-bond acceptors (Lipinski definition) is 7. The van der Waals surface area contributed by atoms with Crippen molar-refractivity contribution in [2.45, 2.75) is 31.6 Å². The van der Waals surface area contributed by atoms with E-state index >= 15 is 0 Å². The Morgan fingerprint density at radius 3 is 2.55 bits per heavy atom. The van der Waals surface area contributed by atoms with E-state index in [4.69, 9.17) is 30.4 Å². The van der Waals surface area contributed by atoms with Gasteiger partial charge in [0.1, 0.15) is 6.10 Å². The zero-order valence-corrected chi connectivity index (χ0v) is 13.0. The molecular formula is C15H22N2O5. The fourth-order valence-corrected chi connectivity index (χ4v) is 2.39. The summed E-state index contributed by atoms with van der Waals surface area (Å²) in [5.41, 5.74) is 12.4. The second kappa shape index (κ2) is 6.85. The van der Waals surface area contributed by atoms with Gasteiger partial charge in [-0.15, -0.1) is 0 Å². The van der Waals surface area contributed by atoms with Gasteiger partial charge in [0.2, 0.25) is 0 Å². The third kappa shape index (κ3) is 3.26. The molecule has 0 aromatic heterocycles. The summed E-state index contributed by atoms with van der Waals surface area (Å²) in [5, 5.41) is 0. The highest BCUT2D eigenvalue weighted by Crippen LogP contribution is 2.32. The van der Waals surface area contributed by atoms with Crippen molar-refractivity contribution in [3.63, 3.8) is 0 Å². The van der Waals surface area contributed by atoms with Gasteiger partial charge in [-0.1, -0.05) is 0 Å². The number of anilines is 1. The van der Waals surface area contributed by atoms with E-state index in [0.29, 0.717) is 24.5 Å². The molecule has 1 aromatic rings. The van der Waals surface area contributed by atoms with Gasteiger partial charge >= 0.3 is 5.97 Å². The lowest BCUT2D eigenvalue weighted by Gasteiger charge is -2.33. The summed E-state index contributed by atoms with van der Waals surface area (Å²) in [6, 6.07) is 2.67. The van der Waals surface area contributed by atoms with Crippen LogP contribution in [-0.2, 0) is 9.47 Å². The number of rotatable bonds is 4. The fraction of sp³-hybridized carbons (Fsp3) is 0.533. The van der Waals surface area contributed by atoms with Gasteiger partial charge in [-0.2, -0.15) is 0 Å². The van der Waals surface area contributed by atoms with Gasteiger partial charge in [0.05, 0.1) is 44.2 Å². The van der Waals surface area contributed by atoms with Gasteiger partial charge in [-0.05, 0) is 6.92 Å². The van der Waals surface area contributed by atoms with Gasteiger partial charge in [0.25, 0.3) is 0 Å². The van der Waals surface area contributed by atoms with Gasteiger partial charge in [0.15, 0.2) is 11.5 Å². The lowest BCUT2D eigenvalue weighted by Crippen LogP contribution is -2.50. The first-order chi connectivity index (χ1) is 10.5. The maximum atomic E-state index is 12.4. The highest BCUT2D eigenvalue weighted by molar-refractivity contribution is 5.96. The number of esters is 1. The molecule has 0 bridgehead atoms. The molecule has 7 nitrogen and oxygen atoms in total. The largest absolute Gasteiger partial charge is 0.493 e. The average molecular weight is 310 g/mol. The van der Waals surface area contributed by atoms with E-state index in [9.17, 15) is 4.79 Å². The Bertz CT molecular complexity index is 549. The van der Waals surface area contributed by atoms with E-state index in [0.717, 1.165) is 0 Å². The van der Waals surface area contributed by atoms with Gasteiger partial charge in [-0.3, -0.25) is 0 Å². The number of methoxy groups -OCH3 is 2. The minimum Gasteiger partial charge on any atom is -0.493 e. The number of nitrogen functional groups attached to an aromatic ring is 1. The van der Waals surface area contributed by atoms with Crippen molar-refractivity contribution in [3.8, 4) is 11.5 Å². The minimum atomic E-state index is -0.534. The Kier molecular flexibility index (Phi) is 5.10. The molecule has 122 valence electrons. The van der Waals surface area contributed by atoms with E-state index < -0.39 is 12.1 Å². The molecule has 7 heteroatoms. The molecule has 2 rings (SSSR count). The predicted molar refractivity (Wildman–Crippen MR) is 81.2 cm³/mol. The van der Waals surface area contributed by atoms with Crippen LogP contribution >= 0.6 is 0 Å². The topological polar surface area (TPSA) is 106 Å². The zero-order valence-electron chi connectivity index (χ0n) is 13.0. The van der Waals surface area contributed by atoms with Gasteiger partial charge in [-0.25, -0.2) is 4.79 Å². The lowest BCUT2D eigenvalue weighted by molar-refractivity contribution is -0.0621. The molecule has 0 amide bonds. The number of hydrogen-bond donors (Lipinski definition) is 2. The van der Waals surface area contributed by atoms with Crippen LogP contribution in [0.2, 0.25) is 0 Å². The van der Waals surface area contributed by atoms with Crippen molar-refractivity contribution in [1.29, 1.82) is 0 Å². The lowest BCUT2D eigenvalue weighted by atomic mass is 10.0. The SMILES string of the molecule is COc1cc(N)c(C(=O)OC2CCOC(C)C2N)cc1OC. The summed E-state index contributed by atoms with van der Waals surface area (Å²) < 4.78 is 21.2. The summed E-state index contributed by atoms with van der Waals surface area (Å²) in [7, 11) is 2.98. The molecule has 1 aromatic carbocycles. The molecule has 1 fully saturated rings. The molecular weight excluding hydrogens is 288 g/mol. The first-order valence-electron chi connectivity index (χ1n) is 7.07. The van der Waals surface area contributed by atoms with Crippen molar-refractivity contribution in [3.05, 3.63) is 17.7 Å². The highest BCUT2D eigenvalue weighted by Gasteiger charge is 2.32. The van der Waals surface area contributed by atoms with E-state index in [-0.39, 0.29) is 23.4 Å². The predicted octanol–water partition coefficient (Wildman–Crippen LogP) is 0.948. The first-order valence-corrected chi connectivity index (χ1v) is 7.07. The number of ether oxygens (including phenoxy) is 4. The Morgan fingerprint density at radius 2 is 1.91 bits per heavy atom. The standard InChI is InChI=1S/C15H22N2O5/c1-8-14(17)11(4-5-21-8)22-15(18)9-6-12(19-2)13(20-3)7-10(9)16/h6-8,11,14H,4-5,16-17H2,1-3H3. The van der Waals surface area contributed by atoms with E-state index in [1.807, 2.05) is 6.92 Å². The summed E-state index contributed by atoms with van der Waals surface area (Å²) in [6.45, 7) is 2.36. The molecule has 0 radical (unpaired) electrons. The number of carbonyl (C=O) groups is 1. The van der Waals surface area contributed by atoms with Crippen LogP contribution in [0.4, 0.5) is 5.69 Å². The fourth-order valence-electron chi connectivity index (χ4n) is 2.39. The maximum Gasteiger partial charge on any atom is 0.340 e. The third-order valence-corrected chi connectivity index (χ3v) is 3.79. The second-order valence-corrected chi connectivity index (χ2v) is 5.18. The van der Waals surface area contributed by atoms with E-state index in [1.165, 1.54) is 26.4 Å². The van der Waals surface area contributed by atoms with Crippen LogP contribution in [0.15, 0.2) is 12.1 Å². The van der Waals surface area contributed by atoms with Gasteiger partial charge < -0.3 is 30.4 Å². The normalized spacial score (nSPS) is 24.6. The zero-order chi connectivity index (χ0) is 16.3. The Morgan fingerprint density at radius 1 is 1.27 bits per heavy atom.